The van der Waals surface area contributed by atoms with Crippen molar-refractivity contribution in [3.05, 3.63) is 47.2 Å². The summed E-state index contributed by atoms with van der Waals surface area (Å²) in [5.74, 6) is 0.683. The number of nitrogens with one attached hydrogen (secondary N) is 1. The Morgan fingerprint density at radius 3 is 2.64 bits per heavy atom. The number of amides is 1. The number of hydrogen-bond acceptors (Lipinski definition) is 3. The molecule has 25 heavy (non-hydrogen) atoms. The van der Waals surface area contributed by atoms with Gasteiger partial charge in [-0.1, -0.05) is 0 Å². The molecule has 1 N–H and O–H groups in total. The fraction of sp³-hybridized carbons (Fsp3) is 0.368. The molecule has 132 valence electrons. The second-order valence-electron chi connectivity index (χ2n) is 6.27. The second-order valence-corrected chi connectivity index (χ2v) is 6.27. The van der Waals surface area contributed by atoms with E-state index >= 15 is 0 Å². The number of aryl methyl sites for hydroxylation is 2. The molecule has 6 nitrogen and oxygen atoms in total. The maximum Gasteiger partial charge on any atom is 0.253 e. The van der Waals surface area contributed by atoms with Crippen LogP contribution in [0.2, 0.25) is 0 Å². The summed E-state index contributed by atoms with van der Waals surface area (Å²) in [5, 5.41) is 3.93. The normalized spacial score (nSPS) is 11.1. The molecule has 0 fully saturated rings. The molecule has 0 aliphatic carbocycles. The Bertz CT molecular complexity index is 937. The molecule has 3 aromatic rings. The monoisotopic (exact) mass is 340 g/mol. The van der Waals surface area contributed by atoms with Gasteiger partial charge in [-0.25, -0.2) is 4.98 Å². The van der Waals surface area contributed by atoms with Crippen molar-refractivity contribution < 1.29 is 9.53 Å². The Hall–Kier alpha value is -2.76. The molecule has 0 aliphatic rings. The number of ether oxygens (including phenoxy) is 1. The van der Waals surface area contributed by atoms with Gasteiger partial charge in [-0.05, 0) is 39.0 Å². The van der Waals surface area contributed by atoms with Gasteiger partial charge in [0.25, 0.3) is 5.91 Å². The summed E-state index contributed by atoms with van der Waals surface area (Å²) in [5.41, 5.74) is 4.80. The smallest absolute Gasteiger partial charge is 0.253 e. The highest BCUT2D eigenvalue weighted by Crippen LogP contribution is 2.28. The van der Waals surface area contributed by atoms with Crippen LogP contribution in [0.3, 0.4) is 0 Å². The van der Waals surface area contributed by atoms with Crippen LogP contribution < -0.4 is 10.1 Å². The number of carbonyl (C=O) groups is 1. The second kappa shape index (κ2) is 6.63. The maximum atomic E-state index is 12.8. The Labute approximate surface area is 147 Å². The lowest BCUT2D eigenvalue weighted by atomic mass is 10.1. The molecule has 6 heteroatoms. The topological polar surface area (TPSA) is 61.1 Å². The lowest BCUT2D eigenvalue weighted by molar-refractivity contribution is 0.0953. The number of methoxy groups -OCH3 is 1. The lowest BCUT2D eigenvalue weighted by Gasteiger charge is -2.08. The summed E-state index contributed by atoms with van der Waals surface area (Å²) in [6, 6.07) is 5.81. The van der Waals surface area contributed by atoms with Crippen molar-refractivity contribution in [3.63, 3.8) is 0 Å². The van der Waals surface area contributed by atoms with Crippen molar-refractivity contribution in [2.75, 3.05) is 13.7 Å². The van der Waals surface area contributed by atoms with Gasteiger partial charge in [0.2, 0.25) is 0 Å². The molecule has 0 atom stereocenters. The van der Waals surface area contributed by atoms with Gasteiger partial charge in [0, 0.05) is 42.4 Å². The van der Waals surface area contributed by atoms with Gasteiger partial charge in [-0.3, -0.25) is 4.79 Å². The summed E-state index contributed by atoms with van der Waals surface area (Å²) in [6.45, 7) is 7.23. The van der Waals surface area contributed by atoms with Gasteiger partial charge in [0.05, 0.1) is 24.7 Å². The number of fused-ring (bicyclic) bond motifs is 1. The average Bonchev–Trinajstić information content (AvgIpc) is 3.05. The number of hydrogen-bond donors (Lipinski definition) is 1. The molecule has 0 radical (unpaired) electrons. The van der Waals surface area contributed by atoms with E-state index in [2.05, 4.69) is 14.9 Å². The third kappa shape index (κ3) is 2.99. The van der Waals surface area contributed by atoms with E-state index < -0.39 is 0 Å². The average molecular weight is 340 g/mol. The molecule has 1 amide bonds. The van der Waals surface area contributed by atoms with Crippen molar-refractivity contribution in [3.8, 4) is 5.75 Å². The molecule has 0 bridgehead atoms. The molecule has 2 heterocycles. The molecule has 0 saturated carbocycles. The zero-order chi connectivity index (χ0) is 18.1. The summed E-state index contributed by atoms with van der Waals surface area (Å²) < 4.78 is 9.39. The van der Waals surface area contributed by atoms with Crippen LogP contribution in [0.15, 0.2) is 24.5 Å². The Morgan fingerprint density at radius 2 is 2.00 bits per heavy atom. The van der Waals surface area contributed by atoms with Gasteiger partial charge < -0.3 is 19.2 Å². The minimum atomic E-state index is -0.0640. The maximum absolute atomic E-state index is 12.8. The van der Waals surface area contributed by atoms with E-state index in [1.54, 1.807) is 7.11 Å². The quantitative estimate of drug-likeness (QED) is 0.777. The number of benzene rings is 1. The van der Waals surface area contributed by atoms with Gasteiger partial charge in [0.15, 0.2) is 0 Å². The number of rotatable bonds is 5. The molecule has 0 aliphatic heterocycles. The van der Waals surface area contributed by atoms with E-state index in [1.807, 2.05) is 56.9 Å². The highest BCUT2D eigenvalue weighted by molar-refractivity contribution is 6.08. The van der Waals surface area contributed by atoms with Crippen molar-refractivity contribution >= 4 is 16.8 Å². The van der Waals surface area contributed by atoms with Gasteiger partial charge in [0.1, 0.15) is 5.75 Å². The van der Waals surface area contributed by atoms with E-state index in [0.29, 0.717) is 18.7 Å². The minimum absolute atomic E-state index is 0.0640. The molecule has 0 unspecified atom stereocenters. The van der Waals surface area contributed by atoms with E-state index in [0.717, 1.165) is 33.7 Å². The zero-order valence-corrected chi connectivity index (χ0v) is 15.4. The molecule has 2 aromatic heterocycles. The Balaban J connectivity index is 1.82. The van der Waals surface area contributed by atoms with Crippen molar-refractivity contribution in [2.45, 2.75) is 27.3 Å². The van der Waals surface area contributed by atoms with Gasteiger partial charge in [-0.2, -0.15) is 0 Å². The van der Waals surface area contributed by atoms with E-state index in [9.17, 15) is 4.79 Å². The zero-order valence-electron chi connectivity index (χ0n) is 15.4. The van der Waals surface area contributed by atoms with Crippen LogP contribution in [0.1, 0.15) is 27.4 Å². The van der Waals surface area contributed by atoms with Crippen LogP contribution in [0, 0.1) is 20.8 Å². The fourth-order valence-electron chi connectivity index (χ4n) is 3.11. The van der Waals surface area contributed by atoms with Crippen LogP contribution in [0.25, 0.3) is 10.9 Å². The van der Waals surface area contributed by atoms with Crippen molar-refractivity contribution in [2.24, 2.45) is 7.05 Å². The third-order valence-electron chi connectivity index (χ3n) is 4.91. The van der Waals surface area contributed by atoms with Gasteiger partial charge in [-0.15, -0.1) is 0 Å². The first kappa shape index (κ1) is 17.1. The number of carbonyl (C=O) groups excluding carboxylic acids is 1. The van der Waals surface area contributed by atoms with Crippen LogP contribution >= 0.6 is 0 Å². The first-order chi connectivity index (χ1) is 11.9. The van der Waals surface area contributed by atoms with Crippen LogP contribution in [0.4, 0.5) is 0 Å². The molecular weight excluding hydrogens is 316 g/mol. The molecular formula is C19H24N4O2. The fourth-order valence-corrected chi connectivity index (χ4v) is 3.11. The predicted octanol–water partition coefficient (Wildman–Crippen LogP) is 2.74. The summed E-state index contributed by atoms with van der Waals surface area (Å²) in [6.07, 6.45) is 1.81. The van der Waals surface area contributed by atoms with Crippen LogP contribution in [0.5, 0.6) is 5.75 Å². The number of aromatic nitrogens is 3. The highest BCUT2D eigenvalue weighted by Gasteiger charge is 2.18. The lowest BCUT2D eigenvalue weighted by Crippen LogP contribution is -2.27. The largest absolute Gasteiger partial charge is 0.497 e. The molecule has 3 rings (SSSR count). The van der Waals surface area contributed by atoms with Crippen LogP contribution in [-0.2, 0) is 13.6 Å². The van der Waals surface area contributed by atoms with E-state index in [4.69, 9.17) is 4.74 Å². The highest BCUT2D eigenvalue weighted by atomic mass is 16.5. The summed E-state index contributed by atoms with van der Waals surface area (Å²) in [4.78, 5) is 17.1. The Morgan fingerprint density at radius 1 is 1.24 bits per heavy atom. The van der Waals surface area contributed by atoms with Gasteiger partial charge >= 0.3 is 0 Å². The number of imidazole rings is 1. The van der Waals surface area contributed by atoms with Crippen molar-refractivity contribution in [1.29, 1.82) is 0 Å². The van der Waals surface area contributed by atoms with Crippen molar-refractivity contribution in [1.82, 2.24) is 19.4 Å². The predicted molar refractivity (Wildman–Crippen MR) is 98.2 cm³/mol. The number of nitrogens with zero attached hydrogens (tertiary/aromatic N) is 3. The SMILES string of the molecule is COc1ccc2c(c1)c(C(=O)NCCn1cnc(C)c1C)c(C)n2C. The summed E-state index contributed by atoms with van der Waals surface area (Å²) in [7, 11) is 3.60. The third-order valence-corrected chi connectivity index (χ3v) is 4.91. The van der Waals surface area contributed by atoms with Crippen LogP contribution in [-0.4, -0.2) is 33.7 Å². The molecule has 1 aromatic carbocycles. The first-order valence-corrected chi connectivity index (χ1v) is 8.33. The summed E-state index contributed by atoms with van der Waals surface area (Å²) >= 11 is 0. The van der Waals surface area contributed by atoms with E-state index in [-0.39, 0.29) is 5.91 Å². The van der Waals surface area contributed by atoms with E-state index in [1.165, 1.54) is 0 Å². The molecule has 0 spiro atoms. The Kier molecular flexibility index (Phi) is 4.53. The first-order valence-electron chi connectivity index (χ1n) is 8.33. The molecule has 0 saturated heterocycles. The minimum Gasteiger partial charge on any atom is -0.497 e. The standard InChI is InChI=1S/C19H24N4O2/c1-12-13(2)23(11-21-12)9-8-20-19(24)18-14(3)22(4)17-7-6-15(25-5)10-16(17)18/h6-7,10-11H,8-9H2,1-5H3,(H,20,24).